The Morgan fingerprint density at radius 2 is 1.79 bits per heavy atom. The van der Waals surface area contributed by atoms with Crippen molar-refractivity contribution in [2.24, 2.45) is 23.7 Å². The van der Waals surface area contributed by atoms with Crippen molar-refractivity contribution in [3.63, 3.8) is 0 Å². The summed E-state index contributed by atoms with van der Waals surface area (Å²) < 4.78 is 0. The average molecular weight is 428 g/mol. The van der Waals surface area contributed by atoms with Crippen LogP contribution >= 0.6 is 22.9 Å². The summed E-state index contributed by atoms with van der Waals surface area (Å²) in [4.78, 5) is 44.5. The topological polar surface area (TPSA) is 79.4 Å². The first-order valence-corrected chi connectivity index (χ1v) is 10.7. The predicted octanol–water partition coefficient (Wildman–Crippen LogP) is 3.52. The summed E-state index contributed by atoms with van der Waals surface area (Å²) in [6, 6.07) is 7.33. The maximum atomic E-state index is 12.7. The minimum Gasteiger partial charge on any atom is -0.300 e. The van der Waals surface area contributed by atoms with Crippen LogP contribution in [0.1, 0.15) is 11.3 Å². The number of rotatable bonds is 4. The molecular formula is C21H18ClN3O3S. The number of hydrogen-bond acceptors (Lipinski definition) is 5. The number of halogens is 1. The number of hydrogen-bond donors (Lipinski definition) is 1. The molecule has 1 aromatic carbocycles. The number of allylic oxidation sites excluding steroid dienone is 2. The van der Waals surface area contributed by atoms with Crippen molar-refractivity contribution < 1.29 is 14.4 Å². The summed E-state index contributed by atoms with van der Waals surface area (Å²) in [6.45, 7) is 1.66. The molecule has 29 heavy (non-hydrogen) atoms. The zero-order valence-electron chi connectivity index (χ0n) is 15.6. The van der Waals surface area contributed by atoms with E-state index in [0.717, 1.165) is 27.5 Å². The third-order valence-corrected chi connectivity index (χ3v) is 7.16. The van der Waals surface area contributed by atoms with Gasteiger partial charge in [0, 0.05) is 15.5 Å². The number of amides is 3. The normalized spacial score (nSPS) is 27.0. The molecule has 148 valence electrons. The van der Waals surface area contributed by atoms with Gasteiger partial charge < -0.3 is 5.32 Å². The van der Waals surface area contributed by atoms with Crippen molar-refractivity contribution in [1.82, 2.24) is 9.88 Å². The van der Waals surface area contributed by atoms with Gasteiger partial charge in [0.25, 0.3) is 0 Å². The molecule has 3 amide bonds. The van der Waals surface area contributed by atoms with Crippen molar-refractivity contribution in [3.05, 3.63) is 46.3 Å². The Kier molecular flexibility index (Phi) is 4.33. The van der Waals surface area contributed by atoms with Crippen LogP contribution in [0.3, 0.4) is 0 Å². The van der Waals surface area contributed by atoms with Gasteiger partial charge in [-0.2, -0.15) is 0 Å². The fourth-order valence-corrected chi connectivity index (χ4v) is 5.73. The van der Waals surface area contributed by atoms with Crippen LogP contribution < -0.4 is 5.32 Å². The Balaban J connectivity index is 1.28. The number of aromatic nitrogens is 1. The number of benzene rings is 1. The van der Waals surface area contributed by atoms with Gasteiger partial charge in [0.2, 0.25) is 17.7 Å². The van der Waals surface area contributed by atoms with Crippen LogP contribution in [0.15, 0.2) is 36.4 Å². The number of thiazole rings is 1. The SMILES string of the molecule is Cc1sc(NC(=O)CN2C(=O)C3C4C=CC(C4)C3C2=O)nc1-c1ccc(Cl)cc1. The number of aryl methyl sites for hydroxylation is 1. The standard InChI is InChI=1S/C21H18ClN3O3S/c1-10-18(11-4-6-14(22)7-5-11)24-21(29-10)23-15(26)9-25-19(27)16-12-2-3-13(8-12)17(16)20(25)28/h2-7,12-13,16-17H,8-9H2,1H3,(H,23,24,26). The molecule has 1 aromatic heterocycles. The van der Waals surface area contributed by atoms with E-state index in [1.165, 1.54) is 11.3 Å². The lowest BCUT2D eigenvalue weighted by atomic mass is 9.85. The molecule has 3 aliphatic rings. The molecule has 2 aromatic rings. The van der Waals surface area contributed by atoms with Gasteiger partial charge in [-0.15, -0.1) is 11.3 Å². The number of carbonyl (C=O) groups excluding carboxylic acids is 3. The summed E-state index contributed by atoms with van der Waals surface area (Å²) in [6.07, 6.45) is 4.95. The Hall–Kier alpha value is -2.51. The molecule has 1 aliphatic heterocycles. The van der Waals surface area contributed by atoms with E-state index >= 15 is 0 Å². The van der Waals surface area contributed by atoms with E-state index in [0.29, 0.717) is 10.2 Å². The van der Waals surface area contributed by atoms with Crippen LogP contribution in [0, 0.1) is 30.6 Å². The fourth-order valence-electron chi connectivity index (χ4n) is 4.75. The molecule has 2 bridgehead atoms. The second-order valence-corrected chi connectivity index (χ2v) is 9.38. The molecule has 0 spiro atoms. The molecule has 2 heterocycles. The smallest absolute Gasteiger partial charge is 0.246 e. The third-order valence-electron chi connectivity index (χ3n) is 6.02. The highest BCUT2D eigenvalue weighted by Gasteiger charge is 2.59. The molecule has 4 unspecified atom stereocenters. The van der Waals surface area contributed by atoms with Gasteiger partial charge in [-0.05, 0) is 37.3 Å². The summed E-state index contributed by atoms with van der Waals surface area (Å²) in [7, 11) is 0. The lowest BCUT2D eigenvalue weighted by Gasteiger charge is -2.16. The molecule has 0 radical (unpaired) electrons. The van der Waals surface area contributed by atoms with E-state index in [2.05, 4.69) is 10.3 Å². The second-order valence-electron chi connectivity index (χ2n) is 7.74. The van der Waals surface area contributed by atoms with Gasteiger partial charge in [-0.3, -0.25) is 19.3 Å². The first-order valence-electron chi connectivity index (χ1n) is 9.49. The molecule has 2 fully saturated rings. The van der Waals surface area contributed by atoms with Crippen LogP contribution in [-0.2, 0) is 14.4 Å². The molecule has 8 heteroatoms. The first kappa shape index (κ1) is 18.5. The maximum Gasteiger partial charge on any atom is 0.246 e. The summed E-state index contributed by atoms with van der Waals surface area (Å²) in [5.74, 6) is -1.15. The first-order chi connectivity index (χ1) is 13.9. The van der Waals surface area contributed by atoms with E-state index in [1.54, 1.807) is 12.1 Å². The quantitative estimate of drug-likeness (QED) is 0.598. The van der Waals surface area contributed by atoms with Crippen LogP contribution in [-0.4, -0.2) is 34.2 Å². The van der Waals surface area contributed by atoms with Crippen LogP contribution in [0.5, 0.6) is 0 Å². The fraction of sp³-hybridized carbons (Fsp3) is 0.333. The van der Waals surface area contributed by atoms with Gasteiger partial charge in [-0.25, -0.2) is 4.98 Å². The third kappa shape index (κ3) is 3.00. The highest BCUT2D eigenvalue weighted by atomic mass is 35.5. The second kappa shape index (κ2) is 6.78. The van der Waals surface area contributed by atoms with Crippen LogP contribution in [0.25, 0.3) is 11.3 Å². The van der Waals surface area contributed by atoms with E-state index in [-0.39, 0.29) is 42.0 Å². The average Bonchev–Trinajstić information content (AvgIpc) is 3.43. The Morgan fingerprint density at radius 1 is 1.17 bits per heavy atom. The summed E-state index contributed by atoms with van der Waals surface area (Å²) in [5, 5.41) is 3.82. The maximum absolute atomic E-state index is 12.7. The zero-order valence-corrected chi connectivity index (χ0v) is 17.2. The number of nitrogens with one attached hydrogen (secondary N) is 1. The van der Waals surface area contributed by atoms with Gasteiger partial charge in [0.15, 0.2) is 5.13 Å². The highest BCUT2D eigenvalue weighted by Crippen LogP contribution is 2.52. The van der Waals surface area contributed by atoms with Crippen LogP contribution in [0.4, 0.5) is 5.13 Å². The molecule has 1 N–H and O–H groups in total. The monoisotopic (exact) mass is 427 g/mol. The van der Waals surface area contributed by atoms with Crippen molar-refractivity contribution in [3.8, 4) is 11.3 Å². The van der Waals surface area contributed by atoms with Crippen molar-refractivity contribution in [2.45, 2.75) is 13.3 Å². The van der Waals surface area contributed by atoms with E-state index in [1.807, 2.05) is 31.2 Å². The van der Waals surface area contributed by atoms with Gasteiger partial charge >= 0.3 is 0 Å². The Morgan fingerprint density at radius 3 is 2.41 bits per heavy atom. The van der Waals surface area contributed by atoms with E-state index < -0.39 is 5.91 Å². The van der Waals surface area contributed by atoms with E-state index in [9.17, 15) is 14.4 Å². The largest absolute Gasteiger partial charge is 0.300 e. The minimum absolute atomic E-state index is 0.137. The molecule has 2 aliphatic carbocycles. The van der Waals surface area contributed by atoms with Crippen molar-refractivity contribution in [1.29, 1.82) is 0 Å². The van der Waals surface area contributed by atoms with Crippen LogP contribution in [0.2, 0.25) is 5.02 Å². The minimum atomic E-state index is -0.414. The lowest BCUT2D eigenvalue weighted by Crippen LogP contribution is -2.39. The van der Waals surface area contributed by atoms with Gasteiger partial charge in [0.1, 0.15) is 6.54 Å². The zero-order chi connectivity index (χ0) is 20.3. The molecule has 4 atom stereocenters. The van der Waals surface area contributed by atoms with Gasteiger partial charge in [0.05, 0.1) is 17.5 Å². The number of carbonyl (C=O) groups is 3. The highest BCUT2D eigenvalue weighted by molar-refractivity contribution is 7.16. The summed E-state index contributed by atoms with van der Waals surface area (Å²) in [5.41, 5.74) is 1.68. The number of imide groups is 1. The Bertz CT molecular complexity index is 1030. The molecule has 1 saturated heterocycles. The number of anilines is 1. The van der Waals surface area contributed by atoms with E-state index in [4.69, 9.17) is 11.6 Å². The number of likely N-dealkylation sites (tertiary alicyclic amines) is 1. The van der Waals surface area contributed by atoms with Crippen molar-refractivity contribution in [2.75, 3.05) is 11.9 Å². The van der Waals surface area contributed by atoms with Crippen molar-refractivity contribution >= 4 is 45.8 Å². The number of fused-ring (bicyclic) bond motifs is 5. The predicted molar refractivity (Wildman–Crippen MR) is 110 cm³/mol. The Labute approximate surface area is 176 Å². The molecule has 6 nitrogen and oxygen atoms in total. The summed E-state index contributed by atoms with van der Waals surface area (Å²) >= 11 is 7.29. The van der Waals surface area contributed by atoms with Gasteiger partial charge in [-0.1, -0.05) is 35.9 Å². The molecular weight excluding hydrogens is 410 g/mol. The lowest BCUT2D eigenvalue weighted by molar-refractivity contribution is -0.143. The number of nitrogens with zero attached hydrogens (tertiary/aromatic N) is 2. The molecule has 5 rings (SSSR count). The molecule has 1 saturated carbocycles.